The van der Waals surface area contributed by atoms with Crippen molar-refractivity contribution in [3.8, 4) is 0 Å². The number of hydrogen-bond donors (Lipinski definition) is 1. The van der Waals surface area contributed by atoms with Gasteiger partial charge in [-0.3, -0.25) is 0 Å². The van der Waals surface area contributed by atoms with E-state index in [4.69, 9.17) is 0 Å². The van der Waals surface area contributed by atoms with Gasteiger partial charge < -0.3 is 5.32 Å². The van der Waals surface area contributed by atoms with E-state index < -0.39 is 0 Å². The standard InChI is InChI=1S/C12H16N2O/c15-14-12-9-13-8-11(12)7-6-10-4-2-1-3-5-10/h1-5,11-13H,6-9H2/t11-,12-/m0/s1. The molecule has 0 saturated carbocycles. The lowest BCUT2D eigenvalue weighted by atomic mass is 9.96. The molecule has 3 nitrogen and oxygen atoms in total. The third-order valence-corrected chi connectivity index (χ3v) is 3.09. The zero-order chi connectivity index (χ0) is 10.5. The molecule has 1 fully saturated rings. The van der Waals surface area contributed by atoms with Crippen molar-refractivity contribution in [3.63, 3.8) is 0 Å². The fraction of sp³-hybridized carbons (Fsp3) is 0.500. The molecule has 3 heteroatoms. The van der Waals surface area contributed by atoms with Crippen LogP contribution in [-0.2, 0) is 6.42 Å². The second-order valence-corrected chi connectivity index (χ2v) is 4.12. The third kappa shape index (κ3) is 2.63. The minimum atomic E-state index is -0.0197. The number of aryl methyl sites for hydroxylation is 1. The first-order valence-electron chi connectivity index (χ1n) is 5.47. The molecule has 0 bridgehead atoms. The lowest BCUT2D eigenvalue weighted by Gasteiger charge is -2.11. The summed E-state index contributed by atoms with van der Waals surface area (Å²) in [6.07, 6.45) is 2.09. The Morgan fingerprint density at radius 1 is 1.27 bits per heavy atom. The maximum atomic E-state index is 10.5. The van der Waals surface area contributed by atoms with Crippen molar-refractivity contribution < 1.29 is 0 Å². The highest BCUT2D eigenvalue weighted by atomic mass is 16.3. The van der Waals surface area contributed by atoms with Crippen LogP contribution in [0, 0.1) is 10.8 Å². The Labute approximate surface area is 89.9 Å². The molecule has 1 aromatic carbocycles. The van der Waals surface area contributed by atoms with E-state index in [1.54, 1.807) is 0 Å². The van der Waals surface area contributed by atoms with E-state index in [9.17, 15) is 4.91 Å². The van der Waals surface area contributed by atoms with Crippen molar-refractivity contribution >= 4 is 0 Å². The second-order valence-electron chi connectivity index (χ2n) is 4.12. The number of nitrogens with one attached hydrogen (secondary N) is 1. The van der Waals surface area contributed by atoms with Crippen LogP contribution in [-0.4, -0.2) is 19.1 Å². The van der Waals surface area contributed by atoms with Gasteiger partial charge in [0.1, 0.15) is 6.04 Å². The Hall–Kier alpha value is -1.22. The first-order valence-corrected chi connectivity index (χ1v) is 5.47. The van der Waals surface area contributed by atoms with Crippen molar-refractivity contribution in [2.24, 2.45) is 11.1 Å². The van der Waals surface area contributed by atoms with Gasteiger partial charge in [-0.25, -0.2) is 0 Å². The summed E-state index contributed by atoms with van der Waals surface area (Å²) in [6, 6.07) is 10.4. The number of hydrogen-bond acceptors (Lipinski definition) is 3. The normalized spacial score (nSPS) is 25.3. The monoisotopic (exact) mass is 204 g/mol. The SMILES string of the molecule is O=N[C@H]1CNC[C@@H]1CCc1ccccc1. The molecule has 0 spiro atoms. The molecular formula is C12H16N2O. The first-order chi connectivity index (χ1) is 7.40. The van der Waals surface area contributed by atoms with Gasteiger partial charge in [-0.15, -0.1) is 0 Å². The second kappa shape index (κ2) is 5.03. The van der Waals surface area contributed by atoms with Crippen LogP contribution in [0.4, 0.5) is 0 Å². The molecule has 1 aliphatic heterocycles. The van der Waals surface area contributed by atoms with Crippen LogP contribution in [0.5, 0.6) is 0 Å². The van der Waals surface area contributed by atoms with E-state index in [0.717, 1.165) is 25.9 Å². The summed E-state index contributed by atoms with van der Waals surface area (Å²) in [5, 5.41) is 6.38. The van der Waals surface area contributed by atoms with E-state index in [1.807, 2.05) is 6.07 Å². The van der Waals surface area contributed by atoms with Gasteiger partial charge in [0, 0.05) is 13.1 Å². The highest BCUT2D eigenvalue weighted by molar-refractivity contribution is 5.14. The largest absolute Gasteiger partial charge is 0.314 e. The summed E-state index contributed by atoms with van der Waals surface area (Å²) in [7, 11) is 0. The predicted molar refractivity (Wildman–Crippen MR) is 60.7 cm³/mol. The van der Waals surface area contributed by atoms with Crippen molar-refractivity contribution in [1.82, 2.24) is 5.32 Å². The van der Waals surface area contributed by atoms with E-state index in [0.29, 0.717) is 5.92 Å². The summed E-state index contributed by atoms with van der Waals surface area (Å²) < 4.78 is 0. The topological polar surface area (TPSA) is 41.5 Å². The Kier molecular flexibility index (Phi) is 3.45. The van der Waals surface area contributed by atoms with E-state index in [-0.39, 0.29) is 6.04 Å². The smallest absolute Gasteiger partial charge is 0.108 e. The number of nitrogens with zero attached hydrogens (tertiary/aromatic N) is 1. The molecule has 2 atom stereocenters. The summed E-state index contributed by atoms with van der Waals surface area (Å²) in [4.78, 5) is 10.5. The van der Waals surface area contributed by atoms with Crippen molar-refractivity contribution in [2.45, 2.75) is 18.9 Å². The van der Waals surface area contributed by atoms with Gasteiger partial charge >= 0.3 is 0 Å². The van der Waals surface area contributed by atoms with Gasteiger partial charge in [-0.05, 0) is 24.3 Å². The fourth-order valence-corrected chi connectivity index (χ4v) is 2.13. The first kappa shape index (κ1) is 10.3. The molecule has 1 aliphatic rings. The predicted octanol–water partition coefficient (Wildman–Crippen LogP) is 1.97. The van der Waals surface area contributed by atoms with Crippen LogP contribution in [0.2, 0.25) is 0 Å². The Morgan fingerprint density at radius 3 is 2.80 bits per heavy atom. The van der Waals surface area contributed by atoms with Crippen molar-refractivity contribution in [2.75, 3.05) is 13.1 Å². The van der Waals surface area contributed by atoms with Crippen LogP contribution >= 0.6 is 0 Å². The quantitative estimate of drug-likeness (QED) is 0.762. The number of benzene rings is 1. The van der Waals surface area contributed by atoms with Gasteiger partial charge in [-0.2, -0.15) is 4.91 Å². The van der Waals surface area contributed by atoms with Crippen LogP contribution in [0.15, 0.2) is 35.5 Å². The zero-order valence-electron chi connectivity index (χ0n) is 8.73. The molecule has 1 aromatic rings. The molecule has 1 saturated heterocycles. The molecule has 0 radical (unpaired) electrons. The summed E-state index contributed by atoms with van der Waals surface area (Å²) >= 11 is 0. The third-order valence-electron chi connectivity index (χ3n) is 3.09. The van der Waals surface area contributed by atoms with E-state index in [2.05, 4.69) is 34.8 Å². The lowest BCUT2D eigenvalue weighted by molar-refractivity contribution is 0.476. The molecule has 0 unspecified atom stereocenters. The van der Waals surface area contributed by atoms with Crippen LogP contribution in [0.1, 0.15) is 12.0 Å². The lowest BCUT2D eigenvalue weighted by Crippen LogP contribution is -2.16. The maximum absolute atomic E-state index is 10.5. The zero-order valence-corrected chi connectivity index (χ0v) is 8.73. The minimum absolute atomic E-state index is 0.0197. The summed E-state index contributed by atoms with van der Waals surface area (Å²) in [5.74, 6) is 0.419. The molecule has 0 aliphatic carbocycles. The number of rotatable bonds is 4. The minimum Gasteiger partial charge on any atom is -0.314 e. The van der Waals surface area contributed by atoms with Crippen LogP contribution < -0.4 is 5.32 Å². The van der Waals surface area contributed by atoms with Crippen LogP contribution in [0.3, 0.4) is 0 Å². The Morgan fingerprint density at radius 2 is 2.07 bits per heavy atom. The Bertz CT molecular complexity index is 313. The molecule has 0 amide bonds. The maximum Gasteiger partial charge on any atom is 0.108 e. The number of nitroso groups, excluding NO2 is 1. The molecule has 0 aromatic heterocycles. The van der Waals surface area contributed by atoms with Gasteiger partial charge in [0.2, 0.25) is 0 Å². The van der Waals surface area contributed by atoms with Gasteiger partial charge in [-0.1, -0.05) is 35.5 Å². The highest BCUT2D eigenvalue weighted by Crippen LogP contribution is 2.18. The molecule has 1 heterocycles. The summed E-state index contributed by atoms with van der Waals surface area (Å²) in [6.45, 7) is 1.69. The molecule has 15 heavy (non-hydrogen) atoms. The van der Waals surface area contributed by atoms with Crippen LogP contribution in [0.25, 0.3) is 0 Å². The Balaban J connectivity index is 1.85. The fourth-order valence-electron chi connectivity index (χ4n) is 2.13. The van der Waals surface area contributed by atoms with Gasteiger partial charge in [0.05, 0.1) is 0 Å². The van der Waals surface area contributed by atoms with Gasteiger partial charge in [0.25, 0.3) is 0 Å². The molecule has 2 rings (SSSR count). The van der Waals surface area contributed by atoms with E-state index in [1.165, 1.54) is 5.56 Å². The van der Waals surface area contributed by atoms with E-state index >= 15 is 0 Å². The molecular weight excluding hydrogens is 188 g/mol. The van der Waals surface area contributed by atoms with Crippen molar-refractivity contribution in [1.29, 1.82) is 0 Å². The molecule has 80 valence electrons. The van der Waals surface area contributed by atoms with Gasteiger partial charge in [0.15, 0.2) is 0 Å². The summed E-state index contributed by atoms with van der Waals surface area (Å²) in [5.41, 5.74) is 1.34. The highest BCUT2D eigenvalue weighted by Gasteiger charge is 2.27. The average Bonchev–Trinajstić information content (AvgIpc) is 2.75. The average molecular weight is 204 g/mol. The molecule has 1 N–H and O–H groups in total. The van der Waals surface area contributed by atoms with Crippen molar-refractivity contribution in [3.05, 3.63) is 40.8 Å².